The number of likely N-dealkylation sites (tertiary alicyclic amines) is 1. The quantitative estimate of drug-likeness (QED) is 0.490. The number of carboxylic acids is 1. The molecule has 5 N–H and O–H groups in total. The number of ether oxygens (including phenoxy) is 1. The maximum atomic E-state index is 11.8. The second kappa shape index (κ2) is 6.15. The van der Waals surface area contributed by atoms with Crippen LogP contribution in [0.1, 0.15) is 28.3 Å². The Kier molecular flexibility index (Phi) is 4.05. The number of carbonyl (C=O) groups excluding carboxylic acids is 1. The van der Waals surface area contributed by atoms with E-state index in [1.54, 1.807) is 12.1 Å². The molecule has 2 aliphatic heterocycles. The van der Waals surface area contributed by atoms with Crippen LogP contribution in [0.3, 0.4) is 0 Å². The van der Waals surface area contributed by atoms with Crippen LogP contribution in [0.5, 0.6) is 11.5 Å². The van der Waals surface area contributed by atoms with Crippen molar-refractivity contribution in [2.45, 2.75) is 30.3 Å². The lowest BCUT2D eigenvalue weighted by Gasteiger charge is -2.40. The van der Waals surface area contributed by atoms with Crippen molar-refractivity contribution in [1.29, 1.82) is 0 Å². The van der Waals surface area contributed by atoms with Gasteiger partial charge in [0.2, 0.25) is 5.91 Å². The van der Waals surface area contributed by atoms with Crippen molar-refractivity contribution in [1.82, 2.24) is 4.90 Å². The second-order valence-electron chi connectivity index (χ2n) is 6.95. The van der Waals surface area contributed by atoms with Gasteiger partial charge < -0.3 is 35.3 Å². The van der Waals surface area contributed by atoms with Gasteiger partial charge in [-0.3, -0.25) is 4.79 Å². The molecule has 0 bridgehead atoms. The number of hydrogen-bond donors (Lipinski definition) is 4. The maximum absolute atomic E-state index is 11.8. The van der Waals surface area contributed by atoms with E-state index in [-0.39, 0.29) is 53.9 Å². The smallest absolute Gasteiger partial charge is 0.526 e. The average molecular weight is 362 g/mol. The van der Waals surface area contributed by atoms with Crippen LogP contribution in [0.2, 0.25) is 5.82 Å². The monoisotopic (exact) mass is 362 g/mol. The predicted octanol–water partition coefficient (Wildman–Crippen LogP) is -0.976. The van der Waals surface area contributed by atoms with E-state index in [2.05, 4.69) is 0 Å². The fourth-order valence-electron chi connectivity index (χ4n) is 3.58. The minimum absolute atomic E-state index is 0.0258. The standard InChI is InChI=1S/C16H19BN2O7/c18-11(6-20)15(21)19-4-7(5-19)25-12-2-1-8-9-3-10(9)17(24)26-14(8)13(12)16(22)23/h1-2,7,9-11,20,24H,3-6,18H2,(H,22,23)/t9-,10-,11-/m1/s1. The molecule has 138 valence electrons. The van der Waals surface area contributed by atoms with Gasteiger partial charge in [0, 0.05) is 5.82 Å². The Labute approximate surface area is 149 Å². The molecule has 26 heavy (non-hydrogen) atoms. The predicted molar refractivity (Wildman–Crippen MR) is 89.2 cm³/mol. The van der Waals surface area contributed by atoms with E-state index in [0.29, 0.717) is 0 Å². The van der Waals surface area contributed by atoms with Crippen LogP contribution >= 0.6 is 0 Å². The SMILES string of the molecule is N[C@H](CO)C(=O)N1CC(Oc2ccc3c(c2C(=O)O)OB(O)[C@@H]2C[C@H]32)C1. The number of benzene rings is 1. The van der Waals surface area contributed by atoms with Gasteiger partial charge in [0.15, 0.2) is 0 Å². The van der Waals surface area contributed by atoms with Gasteiger partial charge in [0.05, 0.1) is 19.7 Å². The molecule has 1 saturated heterocycles. The van der Waals surface area contributed by atoms with E-state index in [9.17, 15) is 19.7 Å². The van der Waals surface area contributed by atoms with Gasteiger partial charge in [-0.2, -0.15) is 0 Å². The largest absolute Gasteiger partial charge is 0.535 e. The number of rotatable bonds is 5. The number of hydrogen-bond acceptors (Lipinski definition) is 7. The molecular weight excluding hydrogens is 343 g/mol. The average Bonchev–Trinajstić information content (AvgIpc) is 3.37. The van der Waals surface area contributed by atoms with Crippen LogP contribution in [-0.2, 0) is 4.79 Å². The van der Waals surface area contributed by atoms with Crippen molar-refractivity contribution in [2.24, 2.45) is 5.73 Å². The van der Waals surface area contributed by atoms with E-state index < -0.39 is 25.7 Å². The Morgan fingerprint density at radius 2 is 2.15 bits per heavy atom. The highest BCUT2D eigenvalue weighted by atomic mass is 16.5. The molecule has 3 atom stereocenters. The van der Waals surface area contributed by atoms with Crippen molar-refractivity contribution in [2.75, 3.05) is 19.7 Å². The number of aromatic carboxylic acids is 1. The second-order valence-corrected chi connectivity index (χ2v) is 6.95. The zero-order valence-electron chi connectivity index (χ0n) is 13.9. The number of carboxylic acid groups (broad SMARTS) is 1. The lowest BCUT2D eigenvalue weighted by Crippen LogP contribution is -2.60. The highest BCUT2D eigenvalue weighted by Crippen LogP contribution is 2.60. The van der Waals surface area contributed by atoms with Gasteiger partial charge in [0.1, 0.15) is 29.2 Å². The van der Waals surface area contributed by atoms with Gasteiger partial charge >= 0.3 is 13.1 Å². The molecule has 1 saturated carbocycles. The molecule has 2 fully saturated rings. The zero-order valence-corrected chi connectivity index (χ0v) is 13.9. The molecule has 2 heterocycles. The molecule has 1 aliphatic carbocycles. The normalized spacial score (nSPS) is 24.7. The van der Waals surface area contributed by atoms with E-state index >= 15 is 0 Å². The molecule has 3 aliphatic rings. The topological polar surface area (TPSA) is 143 Å². The summed E-state index contributed by atoms with van der Waals surface area (Å²) in [4.78, 5) is 25.0. The van der Waals surface area contributed by atoms with Crippen molar-refractivity contribution >= 4 is 19.0 Å². The summed E-state index contributed by atoms with van der Waals surface area (Å²) in [6.07, 6.45) is 0.404. The molecule has 0 unspecified atom stereocenters. The molecule has 0 aromatic heterocycles. The summed E-state index contributed by atoms with van der Waals surface area (Å²) in [5.41, 5.74) is 6.17. The lowest BCUT2D eigenvalue weighted by molar-refractivity contribution is -0.142. The number of nitrogens with two attached hydrogens (primary N) is 1. The van der Waals surface area contributed by atoms with Crippen LogP contribution < -0.4 is 15.1 Å². The third-order valence-corrected chi connectivity index (χ3v) is 5.18. The van der Waals surface area contributed by atoms with Crippen molar-refractivity contribution in [3.63, 3.8) is 0 Å². The fraction of sp³-hybridized carbons (Fsp3) is 0.500. The Morgan fingerprint density at radius 3 is 2.81 bits per heavy atom. The number of carbonyl (C=O) groups is 2. The fourth-order valence-corrected chi connectivity index (χ4v) is 3.58. The van der Waals surface area contributed by atoms with Crippen LogP contribution in [0.15, 0.2) is 12.1 Å². The number of aliphatic hydroxyl groups excluding tert-OH is 1. The first-order valence-corrected chi connectivity index (χ1v) is 8.47. The van der Waals surface area contributed by atoms with E-state index in [0.717, 1.165) is 12.0 Å². The summed E-state index contributed by atoms with van der Waals surface area (Å²) >= 11 is 0. The Balaban J connectivity index is 1.51. The summed E-state index contributed by atoms with van der Waals surface area (Å²) in [5.74, 6) is -1.11. The van der Waals surface area contributed by atoms with E-state index in [1.807, 2.05) is 0 Å². The highest BCUT2D eigenvalue weighted by Gasteiger charge is 2.54. The Hall–Kier alpha value is -2.30. The molecule has 0 spiro atoms. The van der Waals surface area contributed by atoms with Gasteiger partial charge in [-0.15, -0.1) is 0 Å². The van der Waals surface area contributed by atoms with Crippen LogP contribution in [-0.4, -0.2) is 71.0 Å². The van der Waals surface area contributed by atoms with Crippen LogP contribution in [0.25, 0.3) is 0 Å². The van der Waals surface area contributed by atoms with E-state index in [1.165, 1.54) is 4.90 Å². The molecular formula is C16H19BN2O7. The molecule has 1 aromatic carbocycles. The van der Waals surface area contributed by atoms with Crippen molar-refractivity contribution in [3.05, 3.63) is 23.3 Å². The Bertz CT molecular complexity index is 767. The highest BCUT2D eigenvalue weighted by molar-refractivity contribution is 6.48. The summed E-state index contributed by atoms with van der Waals surface area (Å²) in [5, 5.41) is 28.5. The molecule has 4 rings (SSSR count). The minimum Gasteiger partial charge on any atom is -0.535 e. The number of aliphatic hydroxyl groups is 1. The molecule has 9 nitrogen and oxygen atoms in total. The summed E-state index contributed by atoms with van der Waals surface area (Å²) in [6, 6.07) is 2.41. The molecule has 10 heteroatoms. The molecule has 1 amide bonds. The van der Waals surface area contributed by atoms with Gasteiger partial charge in [-0.05, 0) is 24.0 Å². The first kappa shape index (κ1) is 17.1. The van der Waals surface area contributed by atoms with Crippen molar-refractivity contribution in [3.8, 4) is 11.5 Å². The van der Waals surface area contributed by atoms with Gasteiger partial charge in [-0.1, -0.05) is 6.07 Å². The number of nitrogens with zero attached hydrogens (tertiary/aromatic N) is 1. The van der Waals surface area contributed by atoms with Gasteiger partial charge in [0.25, 0.3) is 0 Å². The zero-order chi connectivity index (χ0) is 18.6. The maximum Gasteiger partial charge on any atom is 0.526 e. The lowest BCUT2D eigenvalue weighted by atomic mass is 9.77. The van der Waals surface area contributed by atoms with Gasteiger partial charge in [-0.25, -0.2) is 4.79 Å². The first-order chi connectivity index (χ1) is 12.4. The first-order valence-electron chi connectivity index (χ1n) is 8.47. The Morgan fingerprint density at radius 1 is 1.42 bits per heavy atom. The molecule has 0 radical (unpaired) electrons. The third kappa shape index (κ3) is 2.70. The summed E-state index contributed by atoms with van der Waals surface area (Å²) < 4.78 is 11.2. The minimum atomic E-state index is -1.20. The molecule has 1 aromatic rings. The van der Waals surface area contributed by atoms with Crippen molar-refractivity contribution < 1.29 is 34.2 Å². The van der Waals surface area contributed by atoms with E-state index in [4.69, 9.17) is 20.2 Å². The number of amides is 1. The third-order valence-electron chi connectivity index (χ3n) is 5.18. The number of fused-ring (bicyclic) bond motifs is 3. The summed E-state index contributed by atoms with van der Waals surface area (Å²) in [6.45, 7) is 0.0877. The van der Waals surface area contributed by atoms with Crippen LogP contribution in [0.4, 0.5) is 0 Å². The summed E-state index contributed by atoms with van der Waals surface area (Å²) in [7, 11) is -1.00. The van der Waals surface area contributed by atoms with Crippen LogP contribution in [0, 0.1) is 0 Å².